The van der Waals surface area contributed by atoms with Gasteiger partial charge >= 0.3 is 0 Å². The highest BCUT2D eigenvalue weighted by atomic mass is 32.2. The molecule has 1 aliphatic rings. The van der Waals surface area contributed by atoms with Crippen molar-refractivity contribution in [2.24, 2.45) is 7.05 Å². The number of sulfonamides is 2. The molecular weight excluding hydrogens is 454 g/mol. The van der Waals surface area contributed by atoms with Crippen molar-refractivity contribution in [2.45, 2.75) is 28.0 Å². The van der Waals surface area contributed by atoms with Gasteiger partial charge in [-0.2, -0.15) is 4.31 Å². The Morgan fingerprint density at radius 3 is 2.69 bits per heavy atom. The number of nitrogens with one attached hydrogen (secondary N) is 1. The highest BCUT2D eigenvalue weighted by Gasteiger charge is 2.33. The lowest BCUT2D eigenvalue weighted by Gasteiger charge is -2.31. The zero-order valence-electron chi connectivity index (χ0n) is 15.4. The zero-order valence-corrected chi connectivity index (χ0v) is 18.7. The maximum absolute atomic E-state index is 12.9. The Hall–Kier alpha value is -1.57. The average molecular weight is 474 g/mol. The van der Waals surface area contributed by atoms with Crippen molar-refractivity contribution in [1.82, 2.24) is 13.0 Å². The maximum atomic E-state index is 12.9. The molecule has 8 nitrogen and oxygen atoms in total. The predicted octanol–water partition coefficient (Wildman–Crippen LogP) is 1.79. The number of aryl methyl sites for hydroxylation is 1. The third-order valence-electron chi connectivity index (χ3n) is 4.85. The number of nitrogens with zero attached hydrogens (tertiary/aromatic N) is 2. The van der Waals surface area contributed by atoms with Gasteiger partial charge in [-0.15, -0.1) is 11.3 Å². The van der Waals surface area contributed by atoms with Gasteiger partial charge in [-0.25, -0.2) is 21.6 Å². The van der Waals surface area contributed by atoms with E-state index in [-0.39, 0.29) is 20.4 Å². The van der Waals surface area contributed by atoms with E-state index >= 15 is 0 Å². The molecule has 2 aromatic heterocycles. The number of fused-ring (bicyclic) bond motifs is 1. The van der Waals surface area contributed by atoms with E-state index in [1.54, 1.807) is 34.6 Å². The van der Waals surface area contributed by atoms with Gasteiger partial charge in [-0.05, 0) is 54.0 Å². The number of piperidine rings is 1. The van der Waals surface area contributed by atoms with Crippen molar-refractivity contribution in [3.8, 4) is 0 Å². The van der Waals surface area contributed by atoms with Gasteiger partial charge in [0.25, 0.3) is 14.8 Å². The van der Waals surface area contributed by atoms with E-state index in [1.165, 1.54) is 16.4 Å². The summed E-state index contributed by atoms with van der Waals surface area (Å²) in [5, 5.41) is 2.05. The van der Waals surface area contributed by atoms with Crippen molar-refractivity contribution in [3.05, 3.63) is 45.2 Å². The minimum absolute atomic E-state index is 0.00117. The lowest BCUT2D eigenvalue weighted by atomic mass is 10.1. The van der Waals surface area contributed by atoms with Gasteiger partial charge in [-0.1, -0.05) is 6.07 Å². The Bertz CT molecular complexity index is 1310. The van der Waals surface area contributed by atoms with Gasteiger partial charge in [0.2, 0.25) is 10.0 Å². The van der Waals surface area contributed by atoms with E-state index in [4.69, 9.17) is 0 Å². The number of thiophene rings is 1. The Morgan fingerprint density at radius 2 is 1.97 bits per heavy atom. The molecule has 29 heavy (non-hydrogen) atoms. The van der Waals surface area contributed by atoms with Crippen LogP contribution in [-0.4, -0.2) is 44.2 Å². The molecule has 3 heterocycles. The van der Waals surface area contributed by atoms with Crippen LogP contribution in [0.15, 0.2) is 49.6 Å². The highest BCUT2D eigenvalue weighted by molar-refractivity contribution is 7.91. The summed E-state index contributed by atoms with van der Waals surface area (Å²) in [6.07, 6.45) is 1.10. The molecular formula is C17H19N3O5S4. The van der Waals surface area contributed by atoms with Crippen LogP contribution in [0.4, 0.5) is 0 Å². The minimum atomic E-state index is -3.89. The summed E-state index contributed by atoms with van der Waals surface area (Å²) in [6.45, 7) is 0.428. The quantitative estimate of drug-likeness (QED) is 0.608. The SMILES string of the molecule is Cn1sc(=O)c2cc(S(=O)(=O)NC3CCCN(S(=O)(=O)c4cccs4)C3)ccc21. The zero-order chi connectivity index (χ0) is 20.8. The van der Waals surface area contributed by atoms with Gasteiger partial charge in [0.1, 0.15) is 4.21 Å². The molecule has 1 aliphatic heterocycles. The summed E-state index contributed by atoms with van der Waals surface area (Å²) in [4.78, 5) is 12.0. The molecule has 0 saturated carbocycles. The minimum Gasteiger partial charge on any atom is -0.297 e. The van der Waals surface area contributed by atoms with Gasteiger partial charge in [-0.3, -0.25) is 8.75 Å². The molecule has 0 spiro atoms. The van der Waals surface area contributed by atoms with E-state index in [1.807, 2.05) is 0 Å². The van der Waals surface area contributed by atoms with Crippen molar-refractivity contribution in [1.29, 1.82) is 0 Å². The third kappa shape index (κ3) is 3.92. The number of hydrogen-bond acceptors (Lipinski definition) is 7. The Morgan fingerprint density at radius 1 is 1.17 bits per heavy atom. The van der Waals surface area contributed by atoms with Crippen LogP contribution in [-0.2, 0) is 27.1 Å². The third-order valence-corrected chi connectivity index (χ3v) is 10.5. The molecule has 1 atom stereocenters. The molecule has 0 radical (unpaired) electrons. The van der Waals surface area contributed by atoms with Crippen LogP contribution in [0.1, 0.15) is 12.8 Å². The van der Waals surface area contributed by atoms with Crippen LogP contribution in [0, 0.1) is 0 Å². The van der Waals surface area contributed by atoms with E-state index in [2.05, 4.69) is 4.72 Å². The van der Waals surface area contributed by atoms with Crippen molar-refractivity contribution < 1.29 is 16.8 Å². The molecule has 12 heteroatoms. The largest absolute Gasteiger partial charge is 0.297 e. The summed E-state index contributed by atoms with van der Waals surface area (Å²) in [5.41, 5.74) is 0.671. The van der Waals surface area contributed by atoms with E-state index < -0.39 is 26.1 Å². The maximum Gasteiger partial charge on any atom is 0.257 e. The lowest BCUT2D eigenvalue weighted by Crippen LogP contribution is -2.49. The lowest BCUT2D eigenvalue weighted by molar-refractivity contribution is 0.304. The van der Waals surface area contributed by atoms with Gasteiger partial charge in [0, 0.05) is 26.2 Å². The molecule has 0 bridgehead atoms. The van der Waals surface area contributed by atoms with Crippen LogP contribution >= 0.6 is 22.9 Å². The number of aromatic nitrogens is 1. The first-order valence-electron chi connectivity index (χ1n) is 8.84. The second kappa shape index (κ2) is 7.60. The first-order valence-corrected chi connectivity index (χ1v) is 13.4. The fraction of sp³-hybridized carbons (Fsp3) is 0.353. The number of benzene rings is 1. The highest BCUT2D eigenvalue weighted by Crippen LogP contribution is 2.25. The Balaban J connectivity index is 1.57. The molecule has 1 unspecified atom stereocenters. The Kier molecular flexibility index (Phi) is 5.42. The molecule has 1 saturated heterocycles. The van der Waals surface area contributed by atoms with E-state index in [0.717, 1.165) is 22.9 Å². The number of hydrogen-bond donors (Lipinski definition) is 1. The van der Waals surface area contributed by atoms with Crippen molar-refractivity contribution >= 4 is 53.8 Å². The fourth-order valence-corrected chi connectivity index (χ4v) is 8.15. The van der Waals surface area contributed by atoms with Crippen LogP contribution in [0.2, 0.25) is 0 Å². The summed E-state index contributed by atoms with van der Waals surface area (Å²) in [6, 6.07) is 7.12. The second-order valence-electron chi connectivity index (χ2n) is 6.81. The molecule has 0 amide bonds. The van der Waals surface area contributed by atoms with E-state index in [0.29, 0.717) is 30.3 Å². The summed E-state index contributed by atoms with van der Waals surface area (Å²) < 4.78 is 56.9. The molecule has 0 aliphatic carbocycles. The van der Waals surface area contributed by atoms with Crippen LogP contribution in [0.5, 0.6) is 0 Å². The standard InChI is InChI=1S/C17H19N3O5S4/c1-19-15-7-6-13(10-14(15)17(21)27-19)28(22,23)18-12-4-2-8-20(11-12)29(24,25)16-5-3-9-26-16/h3,5-7,9-10,12,18H,2,4,8,11H2,1H3. The molecule has 1 fully saturated rings. The molecule has 156 valence electrons. The summed E-state index contributed by atoms with van der Waals surface area (Å²) in [5.74, 6) is 0. The molecule has 4 rings (SSSR count). The van der Waals surface area contributed by atoms with Crippen LogP contribution in [0.3, 0.4) is 0 Å². The fourth-order valence-electron chi connectivity index (χ4n) is 3.42. The van der Waals surface area contributed by atoms with Gasteiger partial charge in [0.15, 0.2) is 0 Å². The van der Waals surface area contributed by atoms with Crippen molar-refractivity contribution in [2.75, 3.05) is 13.1 Å². The monoisotopic (exact) mass is 473 g/mol. The van der Waals surface area contributed by atoms with Crippen LogP contribution < -0.4 is 9.46 Å². The summed E-state index contributed by atoms with van der Waals surface area (Å²) in [7, 11) is -5.78. The van der Waals surface area contributed by atoms with Crippen LogP contribution in [0.25, 0.3) is 10.9 Å². The second-order valence-corrected chi connectivity index (χ2v) is 12.7. The summed E-state index contributed by atoms with van der Waals surface area (Å²) >= 11 is 2.15. The smallest absolute Gasteiger partial charge is 0.257 e. The number of rotatable bonds is 5. The van der Waals surface area contributed by atoms with Gasteiger partial charge < -0.3 is 0 Å². The first-order chi connectivity index (χ1) is 13.7. The Labute approximate surface area is 176 Å². The average Bonchev–Trinajstić information content (AvgIpc) is 3.31. The van der Waals surface area contributed by atoms with Crippen molar-refractivity contribution in [3.63, 3.8) is 0 Å². The van der Waals surface area contributed by atoms with E-state index in [9.17, 15) is 21.6 Å². The molecule has 1 aromatic carbocycles. The predicted molar refractivity (Wildman–Crippen MR) is 113 cm³/mol. The van der Waals surface area contributed by atoms with Gasteiger partial charge in [0.05, 0.1) is 15.8 Å². The first kappa shape index (κ1) is 20.7. The topological polar surface area (TPSA) is 106 Å². The molecule has 1 N–H and O–H groups in total. The normalized spacial score (nSPS) is 19.0. The molecule has 3 aromatic rings.